The van der Waals surface area contributed by atoms with E-state index in [9.17, 15) is 9.90 Å². The van der Waals surface area contributed by atoms with Crippen LogP contribution in [0.5, 0.6) is 0 Å². The lowest BCUT2D eigenvalue weighted by atomic mass is 10.1. The van der Waals surface area contributed by atoms with E-state index >= 15 is 0 Å². The Morgan fingerprint density at radius 3 is 2.69 bits per heavy atom. The quantitative estimate of drug-likeness (QED) is 0.779. The summed E-state index contributed by atoms with van der Waals surface area (Å²) in [4.78, 5) is 11.5. The van der Waals surface area contributed by atoms with Crippen LogP contribution in [0.4, 0.5) is 0 Å². The molecule has 0 bridgehead atoms. The minimum absolute atomic E-state index is 0.223. The summed E-state index contributed by atoms with van der Waals surface area (Å²) in [5.74, 6) is 0.558. The second-order valence-corrected chi connectivity index (χ2v) is 4.11. The molecule has 0 radical (unpaired) electrons. The maximum Gasteiger partial charge on any atom is 0.290 e. The molecule has 0 aliphatic rings. The van der Waals surface area contributed by atoms with E-state index in [0.29, 0.717) is 11.3 Å². The van der Waals surface area contributed by atoms with Crippen LogP contribution in [-0.2, 0) is 0 Å². The van der Waals surface area contributed by atoms with Gasteiger partial charge in [0.1, 0.15) is 11.6 Å². The lowest BCUT2D eigenvalue weighted by Crippen LogP contribution is -2.17. The molecule has 0 saturated carbocycles. The van der Waals surface area contributed by atoms with Crippen LogP contribution in [0.3, 0.4) is 0 Å². The van der Waals surface area contributed by atoms with Gasteiger partial charge in [-0.05, 0) is 18.9 Å². The Kier molecular flexibility index (Phi) is 2.51. The van der Waals surface area contributed by atoms with Gasteiger partial charge in [0.25, 0.3) is 5.56 Å². The smallest absolute Gasteiger partial charge is 0.290 e. The third-order valence-electron chi connectivity index (χ3n) is 2.42. The average molecular weight is 222 g/mol. The number of aromatic amines is 1. The van der Waals surface area contributed by atoms with Crippen molar-refractivity contribution in [1.82, 2.24) is 19.8 Å². The van der Waals surface area contributed by atoms with E-state index in [4.69, 9.17) is 0 Å². The molecule has 0 aromatic carbocycles. The predicted octanol–water partition coefficient (Wildman–Crippen LogP) is 0.594. The van der Waals surface area contributed by atoms with Crippen LogP contribution in [0.1, 0.15) is 44.3 Å². The van der Waals surface area contributed by atoms with Crippen LogP contribution >= 0.6 is 0 Å². The molecule has 2 heterocycles. The second-order valence-electron chi connectivity index (χ2n) is 4.11. The average Bonchev–Trinajstić information content (AvgIpc) is 2.62. The summed E-state index contributed by atoms with van der Waals surface area (Å²) >= 11 is 0. The van der Waals surface area contributed by atoms with Gasteiger partial charge >= 0.3 is 0 Å². The van der Waals surface area contributed by atoms with Crippen LogP contribution in [0.2, 0.25) is 0 Å². The van der Waals surface area contributed by atoms with Gasteiger partial charge in [-0.2, -0.15) is 10.2 Å². The van der Waals surface area contributed by atoms with E-state index < -0.39 is 6.10 Å². The number of H-pyrrole nitrogens is 1. The highest BCUT2D eigenvalue weighted by molar-refractivity contribution is 5.45. The molecular weight excluding hydrogens is 208 g/mol. The van der Waals surface area contributed by atoms with Gasteiger partial charge in [-0.15, -0.1) is 0 Å². The van der Waals surface area contributed by atoms with Gasteiger partial charge in [-0.3, -0.25) is 4.79 Å². The molecule has 2 aromatic heterocycles. The second kappa shape index (κ2) is 3.71. The van der Waals surface area contributed by atoms with Gasteiger partial charge in [-0.25, -0.2) is 9.61 Å². The molecular formula is C10H14N4O2. The van der Waals surface area contributed by atoms with Crippen LogP contribution in [0, 0.1) is 0 Å². The largest absolute Gasteiger partial charge is 0.385 e. The Morgan fingerprint density at radius 2 is 2.12 bits per heavy atom. The zero-order valence-corrected chi connectivity index (χ0v) is 9.43. The van der Waals surface area contributed by atoms with Crippen molar-refractivity contribution in [3.63, 3.8) is 0 Å². The molecule has 0 spiro atoms. The normalized spacial score (nSPS) is 13.6. The zero-order valence-electron chi connectivity index (χ0n) is 9.43. The first-order chi connectivity index (χ1) is 7.50. The Hall–Kier alpha value is -1.69. The fourth-order valence-electron chi connectivity index (χ4n) is 1.50. The third-order valence-corrected chi connectivity index (χ3v) is 2.42. The molecule has 16 heavy (non-hydrogen) atoms. The van der Waals surface area contributed by atoms with E-state index in [1.54, 1.807) is 13.0 Å². The number of nitrogens with one attached hydrogen (secondary N) is 1. The minimum Gasteiger partial charge on any atom is -0.385 e. The number of aliphatic hydroxyl groups excluding tert-OH is 1. The first-order valence-electron chi connectivity index (χ1n) is 5.17. The number of rotatable bonds is 2. The lowest BCUT2D eigenvalue weighted by Gasteiger charge is -2.04. The molecule has 0 aliphatic carbocycles. The van der Waals surface area contributed by atoms with Crippen molar-refractivity contribution in [2.24, 2.45) is 0 Å². The predicted molar refractivity (Wildman–Crippen MR) is 58.3 cm³/mol. The summed E-state index contributed by atoms with van der Waals surface area (Å²) in [7, 11) is 0. The highest BCUT2D eigenvalue weighted by atomic mass is 16.3. The van der Waals surface area contributed by atoms with Gasteiger partial charge in [0, 0.05) is 0 Å². The van der Waals surface area contributed by atoms with Crippen LogP contribution in [-0.4, -0.2) is 24.9 Å². The van der Waals surface area contributed by atoms with Gasteiger partial charge in [0.2, 0.25) is 0 Å². The third kappa shape index (κ3) is 1.61. The number of hydrogen-bond donors (Lipinski definition) is 2. The molecule has 6 nitrogen and oxygen atoms in total. The summed E-state index contributed by atoms with van der Waals surface area (Å²) in [5, 5.41) is 19.9. The fourth-order valence-corrected chi connectivity index (χ4v) is 1.50. The molecule has 0 aliphatic heterocycles. The topological polar surface area (TPSA) is 83.3 Å². The van der Waals surface area contributed by atoms with Crippen LogP contribution in [0.15, 0.2) is 10.9 Å². The molecule has 6 heteroatoms. The molecule has 2 aromatic rings. The molecule has 0 saturated heterocycles. The highest BCUT2D eigenvalue weighted by Gasteiger charge is 2.14. The number of nitrogens with zero attached hydrogens (tertiary/aromatic N) is 3. The summed E-state index contributed by atoms with van der Waals surface area (Å²) < 4.78 is 1.40. The van der Waals surface area contributed by atoms with Crippen molar-refractivity contribution in [3.8, 4) is 0 Å². The zero-order chi connectivity index (χ0) is 11.9. The number of aromatic nitrogens is 4. The molecule has 2 rings (SSSR count). The standard InChI is InChI=1S/C10H14N4O2/c1-5(2)7-4-8-10(16)12-11-9(6(3)15)14(8)13-7/h4-6,15H,1-3H3,(H,12,16). The van der Waals surface area contributed by atoms with E-state index in [-0.39, 0.29) is 11.5 Å². The molecule has 2 N–H and O–H groups in total. The highest BCUT2D eigenvalue weighted by Crippen LogP contribution is 2.15. The molecule has 1 unspecified atom stereocenters. The summed E-state index contributed by atoms with van der Waals surface area (Å²) in [6.45, 7) is 5.56. The Morgan fingerprint density at radius 1 is 1.44 bits per heavy atom. The summed E-state index contributed by atoms with van der Waals surface area (Å²) in [5.41, 5.74) is 0.916. The van der Waals surface area contributed by atoms with Crippen LogP contribution in [0.25, 0.3) is 5.52 Å². The van der Waals surface area contributed by atoms with Crippen molar-refractivity contribution in [2.75, 3.05) is 0 Å². The van der Waals surface area contributed by atoms with E-state index in [0.717, 1.165) is 5.69 Å². The summed E-state index contributed by atoms with van der Waals surface area (Å²) in [6, 6.07) is 1.72. The fraction of sp³-hybridized carbons (Fsp3) is 0.500. The number of fused-ring (bicyclic) bond motifs is 1. The number of hydrogen-bond acceptors (Lipinski definition) is 4. The first-order valence-corrected chi connectivity index (χ1v) is 5.17. The molecule has 86 valence electrons. The monoisotopic (exact) mass is 222 g/mol. The van der Waals surface area contributed by atoms with Crippen LogP contribution < -0.4 is 5.56 Å². The van der Waals surface area contributed by atoms with Gasteiger partial charge < -0.3 is 5.11 Å². The maximum absolute atomic E-state index is 11.5. The van der Waals surface area contributed by atoms with Crippen molar-refractivity contribution >= 4 is 5.52 Å². The molecule has 0 amide bonds. The van der Waals surface area contributed by atoms with E-state index in [1.165, 1.54) is 4.52 Å². The van der Waals surface area contributed by atoms with Gasteiger partial charge in [0.15, 0.2) is 5.82 Å². The van der Waals surface area contributed by atoms with E-state index in [1.807, 2.05) is 13.8 Å². The number of aliphatic hydroxyl groups is 1. The first kappa shape index (κ1) is 10.8. The minimum atomic E-state index is -0.778. The SMILES string of the molecule is CC(C)c1cc2c(=O)[nH]nc(C(C)O)n2n1. The van der Waals surface area contributed by atoms with Crippen molar-refractivity contribution in [1.29, 1.82) is 0 Å². The van der Waals surface area contributed by atoms with Crippen molar-refractivity contribution in [3.05, 3.63) is 27.9 Å². The van der Waals surface area contributed by atoms with Gasteiger partial charge in [-0.1, -0.05) is 13.8 Å². The Balaban J connectivity index is 2.78. The molecule has 1 atom stereocenters. The lowest BCUT2D eigenvalue weighted by molar-refractivity contribution is 0.184. The van der Waals surface area contributed by atoms with Gasteiger partial charge in [0.05, 0.1) is 5.69 Å². The van der Waals surface area contributed by atoms with Crippen molar-refractivity contribution in [2.45, 2.75) is 32.8 Å². The van der Waals surface area contributed by atoms with E-state index in [2.05, 4.69) is 15.3 Å². The molecule has 0 fully saturated rings. The Bertz CT molecular complexity index is 568. The Labute approximate surface area is 91.9 Å². The maximum atomic E-state index is 11.5. The summed E-state index contributed by atoms with van der Waals surface area (Å²) in [6.07, 6.45) is -0.778. The van der Waals surface area contributed by atoms with Crippen molar-refractivity contribution < 1.29 is 5.11 Å².